The molecule has 1 unspecified atom stereocenters. The van der Waals surface area contributed by atoms with Gasteiger partial charge in [-0.25, -0.2) is 0 Å². The van der Waals surface area contributed by atoms with Crippen LogP contribution in [0.15, 0.2) is 52.3 Å². The number of nitrogens with zero attached hydrogens (tertiary/aromatic N) is 2. The number of carbonyl (C=O) groups is 1. The molecule has 0 aliphatic carbocycles. The van der Waals surface area contributed by atoms with Crippen LogP contribution in [0.2, 0.25) is 0 Å². The molecule has 1 saturated heterocycles. The highest BCUT2D eigenvalue weighted by Gasteiger charge is 2.29. The highest BCUT2D eigenvalue weighted by Crippen LogP contribution is 2.49. The van der Waals surface area contributed by atoms with Crippen LogP contribution in [0.3, 0.4) is 0 Å². The highest BCUT2D eigenvalue weighted by molar-refractivity contribution is 7.99. The van der Waals surface area contributed by atoms with Crippen LogP contribution in [0.4, 0.5) is 11.4 Å². The first kappa shape index (κ1) is 22.2. The first-order valence-electron chi connectivity index (χ1n) is 11.7. The van der Waals surface area contributed by atoms with Crippen LogP contribution < -0.4 is 10.2 Å². The molecule has 2 aliphatic heterocycles. The molecule has 4 rings (SSSR count). The van der Waals surface area contributed by atoms with Gasteiger partial charge in [0.25, 0.3) is 5.91 Å². The highest BCUT2D eigenvalue weighted by atomic mass is 32.2. The van der Waals surface area contributed by atoms with Crippen molar-refractivity contribution in [2.45, 2.75) is 62.3 Å². The van der Waals surface area contributed by atoms with Crippen molar-refractivity contribution in [1.82, 2.24) is 10.2 Å². The Labute approximate surface area is 191 Å². The molecule has 2 aliphatic rings. The first-order valence-corrected chi connectivity index (χ1v) is 12.6. The SMILES string of the molecule is CC(C)CCNC(=O)c1ccc2c(c1)N(C(C)CN1CCCCC1)c1ccccc1S2. The van der Waals surface area contributed by atoms with Crippen molar-refractivity contribution in [3.63, 3.8) is 0 Å². The summed E-state index contributed by atoms with van der Waals surface area (Å²) in [5, 5.41) is 3.09. The van der Waals surface area contributed by atoms with Crippen molar-refractivity contribution >= 4 is 29.0 Å². The Morgan fingerprint density at radius 2 is 1.74 bits per heavy atom. The molecule has 166 valence electrons. The van der Waals surface area contributed by atoms with Crippen molar-refractivity contribution in [3.05, 3.63) is 48.0 Å². The van der Waals surface area contributed by atoms with E-state index in [1.165, 1.54) is 47.8 Å². The molecular weight excluding hydrogens is 402 g/mol. The van der Waals surface area contributed by atoms with Gasteiger partial charge in [-0.1, -0.05) is 44.2 Å². The number of rotatable bonds is 7. The molecule has 0 radical (unpaired) electrons. The molecule has 0 saturated carbocycles. The van der Waals surface area contributed by atoms with Crippen LogP contribution in [0, 0.1) is 5.92 Å². The number of amides is 1. The van der Waals surface area contributed by atoms with E-state index in [2.05, 4.69) is 72.3 Å². The second-order valence-electron chi connectivity index (χ2n) is 9.27. The molecule has 2 heterocycles. The number of hydrogen-bond acceptors (Lipinski definition) is 4. The normalized spacial score (nSPS) is 17.2. The summed E-state index contributed by atoms with van der Waals surface area (Å²) in [6.07, 6.45) is 4.96. The zero-order valence-electron chi connectivity index (χ0n) is 19.1. The standard InChI is InChI=1S/C26H35N3OS/c1-19(2)13-14-27-26(30)21-11-12-25-23(17-21)29(22-9-5-6-10-24(22)31-25)20(3)18-28-15-7-4-8-16-28/h5-6,9-12,17,19-20H,4,7-8,13-16,18H2,1-3H3,(H,27,30). The van der Waals surface area contributed by atoms with Gasteiger partial charge in [0.2, 0.25) is 0 Å². The fourth-order valence-corrected chi connectivity index (χ4v) is 5.62. The molecule has 0 spiro atoms. The second-order valence-corrected chi connectivity index (χ2v) is 10.4. The average Bonchev–Trinajstić information content (AvgIpc) is 2.77. The number of piperidine rings is 1. The number of carbonyl (C=O) groups excluding carboxylic acids is 1. The molecule has 2 aromatic rings. The number of fused-ring (bicyclic) bond motifs is 2. The zero-order chi connectivity index (χ0) is 21.8. The molecule has 1 fully saturated rings. The van der Waals surface area contributed by atoms with Gasteiger partial charge in [0.05, 0.1) is 11.4 Å². The fraction of sp³-hybridized carbons (Fsp3) is 0.500. The maximum atomic E-state index is 12.8. The number of para-hydroxylation sites is 1. The minimum absolute atomic E-state index is 0.0240. The lowest BCUT2D eigenvalue weighted by atomic mass is 10.1. The van der Waals surface area contributed by atoms with Crippen LogP contribution in [0.25, 0.3) is 0 Å². The van der Waals surface area contributed by atoms with Crippen LogP contribution in [-0.2, 0) is 0 Å². The minimum Gasteiger partial charge on any atom is -0.352 e. The number of likely N-dealkylation sites (tertiary alicyclic amines) is 1. The predicted molar refractivity (Wildman–Crippen MR) is 131 cm³/mol. The Morgan fingerprint density at radius 1 is 1.00 bits per heavy atom. The summed E-state index contributed by atoms with van der Waals surface area (Å²) in [4.78, 5) is 20.4. The van der Waals surface area contributed by atoms with Gasteiger partial charge in [0, 0.05) is 34.5 Å². The molecule has 2 aromatic carbocycles. The molecule has 1 amide bonds. The lowest BCUT2D eigenvalue weighted by molar-refractivity contribution is 0.0952. The first-order chi connectivity index (χ1) is 15.0. The van der Waals surface area contributed by atoms with E-state index in [4.69, 9.17) is 0 Å². The topological polar surface area (TPSA) is 35.6 Å². The van der Waals surface area contributed by atoms with Gasteiger partial charge < -0.3 is 15.1 Å². The largest absolute Gasteiger partial charge is 0.352 e. The van der Waals surface area contributed by atoms with Crippen molar-refractivity contribution < 1.29 is 4.79 Å². The van der Waals surface area contributed by atoms with Gasteiger partial charge in [0.15, 0.2) is 0 Å². The predicted octanol–water partition coefficient (Wildman–Crippen LogP) is 5.94. The Balaban J connectivity index is 1.60. The molecule has 31 heavy (non-hydrogen) atoms. The summed E-state index contributed by atoms with van der Waals surface area (Å²) in [5.74, 6) is 0.610. The quantitative estimate of drug-likeness (QED) is 0.581. The third kappa shape index (κ3) is 5.27. The number of nitrogens with one attached hydrogen (secondary N) is 1. The Kier molecular flexibility index (Phi) is 7.24. The van der Waals surface area contributed by atoms with Crippen LogP contribution in [0.5, 0.6) is 0 Å². The minimum atomic E-state index is 0.0240. The van der Waals surface area contributed by atoms with E-state index < -0.39 is 0 Å². The van der Waals surface area contributed by atoms with Gasteiger partial charge >= 0.3 is 0 Å². The van der Waals surface area contributed by atoms with Crippen molar-refractivity contribution in [3.8, 4) is 0 Å². The Hall–Kier alpha value is -1.98. The summed E-state index contributed by atoms with van der Waals surface area (Å²) >= 11 is 1.80. The molecule has 5 heteroatoms. The maximum Gasteiger partial charge on any atom is 0.251 e. The van der Waals surface area contributed by atoms with E-state index in [1.54, 1.807) is 11.8 Å². The fourth-order valence-electron chi connectivity index (χ4n) is 4.57. The smallest absolute Gasteiger partial charge is 0.251 e. The molecule has 1 N–H and O–H groups in total. The van der Waals surface area contributed by atoms with Crippen molar-refractivity contribution in [1.29, 1.82) is 0 Å². The van der Waals surface area contributed by atoms with Crippen LogP contribution >= 0.6 is 11.8 Å². The second kappa shape index (κ2) is 10.1. The number of anilines is 2. The van der Waals surface area contributed by atoms with Gasteiger partial charge in [0.1, 0.15) is 0 Å². The van der Waals surface area contributed by atoms with Crippen molar-refractivity contribution in [2.24, 2.45) is 5.92 Å². The summed E-state index contributed by atoms with van der Waals surface area (Å²) < 4.78 is 0. The zero-order valence-corrected chi connectivity index (χ0v) is 19.9. The lowest BCUT2D eigenvalue weighted by Gasteiger charge is -2.40. The monoisotopic (exact) mass is 437 g/mol. The Bertz CT molecular complexity index is 907. The van der Waals surface area contributed by atoms with Gasteiger partial charge in [-0.05, 0) is 75.5 Å². The van der Waals surface area contributed by atoms with Crippen LogP contribution in [0.1, 0.15) is 56.8 Å². The van der Waals surface area contributed by atoms with E-state index >= 15 is 0 Å². The molecule has 1 atom stereocenters. The number of hydrogen-bond donors (Lipinski definition) is 1. The molecule has 0 bridgehead atoms. The van der Waals surface area contributed by atoms with E-state index in [1.807, 2.05) is 6.07 Å². The third-order valence-corrected chi connectivity index (χ3v) is 7.37. The average molecular weight is 438 g/mol. The Morgan fingerprint density at radius 3 is 2.52 bits per heavy atom. The lowest BCUT2D eigenvalue weighted by Crippen LogP contribution is -2.43. The molecular formula is C26H35N3OS. The molecule has 4 nitrogen and oxygen atoms in total. The van der Waals surface area contributed by atoms with E-state index in [9.17, 15) is 4.79 Å². The summed E-state index contributed by atoms with van der Waals surface area (Å²) in [5.41, 5.74) is 3.16. The van der Waals surface area contributed by atoms with Gasteiger partial charge in [-0.15, -0.1) is 0 Å². The van der Waals surface area contributed by atoms with E-state index in [0.717, 1.165) is 30.8 Å². The van der Waals surface area contributed by atoms with Gasteiger partial charge in [-0.2, -0.15) is 0 Å². The van der Waals surface area contributed by atoms with Crippen molar-refractivity contribution in [2.75, 3.05) is 31.1 Å². The molecule has 0 aromatic heterocycles. The third-order valence-electron chi connectivity index (χ3n) is 6.24. The summed E-state index contributed by atoms with van der Waals surface area (Å²) in [7, 11) is 0. The van der Waals surface area contributed by atoms with E-state index in [-0.39, 0.29) is 5.91 Å². The van der Waals surface area contributed by atoms with Crippen LogP contribution in [-0.4, -0.2) is 43.0 Å². The summed E-state index contributed by atoms with van der Waals surface area (Å²) in [6.45, 7) is 10.8. The summed E-state index contributed by atoms with van der Waals surface area (Å²) in [6, 6.07) is 15.2. The van der Waals surface area contributed by atoms with E-state index in [0.29, 0.717) is 12.0 Å². The van der Waals surface area contributed by atoms with Gasteiger partial charge in [-0.3, -0.25) is 4.79 Å². The maximum absolute atomic E-state index is 12.8. The number of benzene rings is 2.